The van der Waals surface area contributed by atoms with Gasteiger partial charge >= 0.3 is 5.97 Å². The Kier molecular flexibility index (Phi) is 3.96. The summed E-state index contributed by atoms with van der Waals surface area (Å²) < 4.78 is 4.76. The zero-order valence-corrected chi connectivity index (χ0v) is 12.3. The summed E-state index contributed by atoms with van der Waals surface area (Å²) >= 11 is 6.25. The van der Waals surface area contributed by atoms with Crippen LogP contribution in [0, 0.1) is 11.8 Å². The van der Waals surface area contributed by atoms with E-state index in [9.17, 15) is 4.79 Å². The summed E-state index contributed by atoms with van der Waals surface area (Å²) in [4.78, 5) is 14.0. The first-order valence-electron chi connectivity index (χ1n) is 6.97. The van der Waals surface area contributed by atoms with Crippen molar-refractivity contribution in [1.29, 1.82) is 0 Å². The fourth-order valence-electron chi connectivity index (χ4n) is 3.26. The van der Waals surface area contributed by atoms with Crippen molar-refractivity contribution in [3.63, 3.8) is 0 Å². The summed E-state index contributed by atoms with van der Waals surface area (Å²) in [6.07, 6.45) is 0. The molecule has 0 radical (unpaired) electrons. The molecule has 2 fully saturated rings. The number of nitrogens with one attached hydrogen (secondary N) is 1. The van der Waals surface area contributed by atoms with Gasteiger partial charge in [0.25, 0.3) is 0 Å². The molecular formula is C15H19ClN2O2. The molecular weight excluding hydrogens is 276 g/mol. The zero-order valence-electron chi connectivity index (χ0n) is 11.6. The first kappa shape index (κ1) is 13.9. The number of hydrogen-bond donors (Lipinski definition) is 1. The molecule has 4 nitrogen and oxygen atoms in total. The standard InChI is InChI=1S/C15H19ClN2O2/c1-20-15(19)10-2-3-14(16)11(4-10)7-18-8-12-5-17-6-13(12)9-18/h2-4,12-13,17H,5-9H2,1H3/t12-,13+. The van der Waals surface area contributed by atoms with E-state index < -0.39 is 0 Å². The summed E-state index contributed by atoms with van der Waals surface area (Å²) in [6.45, 7) is 5.26. The fourth-order valence-corrected chi connectivity index (χ4v) is 3.44. The summed E-state index contributed by atoms with van der Waals surface area (Å²) in [5.41, 5.74) is 1.57. The van der Waals surface area contributed by atoms with E-state index in [1.165, 1.54) is 7.11 Å². The van der Waals surface area contributed by atoms with Gasteiger partial charge in [0.15, 0.2) is 0 Å². The van der Waals surface area contributed by atoms with Crippen LogP contribution < -0.4 is 5.32 Å². The molecule has 2 aliphatic rings. The average Bonchev–Trinajstić information content (AvgIpc) is 3.01. The van der Waals surface area contributed by atoms with Crippen molar-refractivity contribution in [3.05, 3.63) is 34.3 Å². The van der Waals surface area contributed by atoms with Gasteiger partial charge < -0.3 is 10.1 Å². The van der Waals surface area contributed by atoms with Gasteiger partial charge in [-0.15, -0.1) is 0 Å². The van der Waals surface area contributed by atoms with Gasteiger partial charge in [-0.3, -0.25) is 4.90 Å². The third-order valence-electron chi connectivity index (χ3n) is 4.33. The van der Waals surface area contributed by atoms with Crippen LogP contribution in [0.15, 0.2) is 18.2 Å². The van der Waals surface area contributed by atoms with Crippen molar-refractivity contribution in [1.82, 2.24) is 10.2 Å². The molecule has 1 N–H and O–H groups in total. The van der Waals surface area contributed by atoms with E-state index in [-0.39, 0.29) is 5.97 Å². The smallest absolute Gasteiger partial charge is 0.337 e. The lowest BCUT2D eigenvalue weighted by Gasteiger charge is -2.18. The Balaban J connectivity index is 1.72. The highest BCUT2D eigenvalue weighted by Gasteiger charge is 2.35. The number of esters is 1. The maximum atomic E-state index is 11.6. The van der Waals surface area contributed by atoms with Gasteiger partial charge in [-0.25, -0.2) is 4.79 Å². The predicted molar refractivity (Wildman–Crippen MR) is 77.9 cm³/mol. The summed E-state index contributed by atoms with van der Waals surface area (Å²) in [5, 5.41) is 4.15. The monoisotopic (exact) mass is 294 g/mol. The number of rotatable bonds is 3. The number of benzene rings is 1. The number of likely N-dealkylation sites (tertiary alicyclic amines) is 1. The molecule has 0 spiro atoms. The molecule has 0 aromatic heterocycles. The van der Waals surface area contributed by atoms with E-state index in [1.807, 2.05) is 6.07 Å². The predicted octanol–water partition coefficient (Wildman–Crippen LogP) is 1.78. The van der Waals surface area contributed by atoms with Gasteiger partial charge in [0.05, 0.1) is 12.7 Å². The molecule has 0 aliphatic carbocycles. The lowest BCUT2D eigenvalue weighted by Crippen LogP contribution is -2.25. The number of carbonyl (C=O) groups is 1. The minimum Gasteiger partial charge on any atom is -0.465 e. The molecule has 2 saturated heterocycles. The molecule has 1 aromatic rings. The highest BCUT2D eigenvalue weighted by molar-refractivity contribution is 6.31. The van der Waals surface area contributed by atoms with Crippen molar-refractivity contribution in [3.8, 4) is 0 Å². The molecule has 0 amide bonds. The molecule has 5 heteroatoms. The summed E-state index contributed by atoms with van der Waals surface area (Å²) in [7, 11) is 1.39. The van der Waals surface area contributed by atoms with E-state index >= 15 is 0 Å². The lowest BCUT2D eigenvalue weighted by atomic mass is 10.0. The van der Waals surface area contributed by atoms with Gasteiger partial charge in [-0.2, -0.15) is 0 Å². The molecule has 0 unspecified atom stereocenters. The quantitative estimate of drug-likeness (QED) is 0.863. The van der Waals surface area contributed by atoms with Gasteiger partial charge in [0.2, 0.25) is 0 Å². The van der Waals surface area contributed by atoms with E-state index in [2.05, 4.69) is 10.2 Å². The van der Waals surface area contributed by atoms with Crippen molar-refractivity contribution in [2.75, 3.05) is 33.3 Å². The van der Waals surface area contributed by atoms with Crippen LogP contribution in [-0.2, 0) is 11.3 Å². The Morgan fingerprint density at radius 3 is 2.75 bits per heavy atom. The Labute approximate surface area is 124 Å². The van der Waals surface area contributed by atoms with Crippen LogP contribution >= 0.6 is 11.6 Å². The summed E-state index contributed by atoms with van der Waals surface area (Å²) in [5.74, 6) is 1.21. The molecule has 2 aliphatic heterocycles. The number of ether oxygens (including phenoxy) is 1. The fraction of sp³-hybridized carbons (Fsp3) is 0.533. The van der Waals surface area contributed by atoms with Crippen molar-refractivity contribution in [2.24, 2.45) is 11.8 Å². The number of fused-ring (bicyclic) bond motifs is 1. The van der Waals surface area contributed by atoms with Crippen LogP contribution in [0.2, 0.25) is 5.02 Å². The first-order valence-corrected chi connectivity index (χ1v) is 7.35. The Bertz CT molecular complexity index is 509. The third kappa shape index (κ3) is 2.68. The van der Waals surface area contributed by atoms with Gasteiger partial charge in [0.1, 0.15) is 0 Å². The summed E-state index contributed by atoms with van der Waals surface area (Å²) in [6, 6.07) is 5.34. The van der Waals surface area contributed by atoms with Gasteiger partial charge in [0, 0.05) is 24.7 Å². The molecule has 2 heterocycles. The van der Waals surface area contributed by atoms with Crippen LogP contribution in [-0.4, -0.2) is 44.2 Å². The number of methoxy groups -OCH3 is 1. The lowest BCUT2D eigenvalue weighted by molar-refractivity contribution is 0.0600. The molecule has 20 heavy (non-hydrogen) atoms. The number of carbonyl (C=O) groups excluding carboxylic acids is 1. The maximum absolute atomic E-state index is 11.6. The second-order valence-electron chi connectivity index (χ2n) is 5.67. The second kappa shape index (κ2) is 5.72. The van der Waals surface area contributed by atoms with Crippen molar-refractivity contribution < 1.29 is 9.53 Å². The SMILES string of the molecule is COC(=O)c1ccc(Cl)c(CN2C[C@H]3CNC[C@H]3C2)c1. The van der Waals surface area contributed by atoms with Crippen molar-refractivity contribution >= 4 is 17.6 Å². The van der Waals surface area contributed by atoms with Gasteiger partial charge in [-0.1, -0.05) is 11.6 Å². The highest BCUT2D eigenvalue weighted by Crippen LogP contribution is 2.29. The second-order valence-corrected chi connectivity index (χ2v) is 6.08. The Morgan fingerprint density at radius 2 is 2.10 bits per heavy atom. The largest absolute Gasteiger partial charge is 0.465 e. The molecule has 0 saturated carbocycles. The van der Waals surface area contributed by atoms with Crippen LogP contribution in [0.4, 0.5) is 0 Å². The Morgan fingerprint density at radius 1 is 1.40 bits per heavy atom. The maximum Gasteiger partial charge on any atom is 0.337 e. The van der Waals surface area contributed by atoms with Crippen LogP contribution in [0.3, 0.4) is 0 Å². The number of nitrogens with zero attached hydrogens (tertiary/aromatic N) is 1. The molecule has 2 atom stereocenters. The minimum absolute atomic E-state index is 0.314. The highest BCUT2D eigenvalue weighted by atomic mass is 35.5. The first-order chi connectivity index (χ1) is 9.67. The normalized spacial score (nSPS) is 25.7. The Hall–Kier alpha value is -1.10. The van der Waals surface area contributed by atoms with Crippen LogP contribution in [0.25, 0.3) is 0 Å². The van der Waals surface area contributed by atoms with E-state index in [0.29, 0.717) is 10.6 Å². The molecule has 3 rings (SSSR count). The third-order valence-corrected chi connectivity index (χ3v) is 4.69. The zero-order chi connectivity index (χ0) is 14.1. The molecule has 0 bridgehead atoms. The molecule has 108 valence electrons. The van der Waals surface area contributed by atoms with E-state index in [1.54, 1.807) is 12.1 Å². The topological polar surface area (TPSA) is 41.6 Å². The molecule has 1 aromatic carbocycles. The van der Waals surface area contributed by atoms with Crippen molar-refractivity contribution in [2.45, 2.75) is 6.54 Å². The van der Waals surface area contributed by atoms with E-state index in [4.69, 9.17) is 16.3 Å². The van der Waals surface area contributed by atoms with E-state index in [0.717, 1.165) is 50.1 Å². The van der Waals surface area contributed by atoms with Crippen LogP contribution in [0.5, 0.6) is 0 Å². The average molecular weight is 295 g/mol. The number of halogens is 1. The number of hydrogen-bond acceptors (Lipinski definition) is 4. The van der Waals surface area contributed by atoms with Gasteiger partial charge in [-0.05, 0) is 48.7 Å². The van der Waals surface area contributed by atoms with Crippen LogP contribution in [0.1, 0.15) is 15.9 Å². The minimum atomic E-state index is -0.314.